The normalized spacial score (nSPS) is 17.8. The molecule has 0 fully saturated rings. The molecule has 3 nitrogen and oxygen atoms in total. The summed E-state index contributed by atoms with van der Waals surface area (Å²) in [7, 11) is 0. The summed E-state index contributed by atoms with van der Waals surface area (Å²) in [6.45, 7) is 5.02. The maximum absolute atomic E-state index is 4.48. The number of para-hydroxylation sites is 1. The van der Waals surface area contributed by atoms with E-state index in [9.17, 15) is 0 Å². The van der Waals surface area contributed by atoms with E-state index in [2.05, 4.69) is 52.2 Å². The van der Waals surface area contributed by atoms with Crippen molar-refractivity contribution in [3.63, 3.8) is 0 Å². The van der Waals surface area contributed by atoms with Crippen molar-refractivity contribution in [3.8, 4) is 0 Å². The first-order valence-electron chi connectivity index (χ1n) is 6.77. The lowest BCUT2D eigenvalue weighted by atomic mass is 9.91. The molecule has 3 rings (SSSR count). The zero-order valence-corrected chi connectivity index (χ0v) is 12.0. The van der Waals surface area contributed by atoms with Gasteiger partial charge in [0, 0.05) is 36.6 Å². The molecule has 1 aliphatic heterocycles. The lowest BCUT2D eigenvalue weighted by Gasteiger charge is -2.26. The van der Waals surface area contributed by atoms with Gasteiger partial charge in [-0.05, 0) is 25.0 Å². The first kappa shape index (κ1) is 12.6. The van der Waals surface area contributed by atoms with Crippen molar-refractivity contribution in [2.24, 2.45) is 0 Å². The van der Waals surface area contributed by atoms with Crippen LogP contribution in [0.4, 0.5) is 5.69 Å². The highest BCUT2D eigenvalue weighted by molar-refractivity contribution is 7.09. The first-order valence-corrected chi connectivity index (χ1v) is 7.65. The van der Waals surface area contributed by atoms with E-state index >= 15 is 0 Å². The highest BCUT2D eigenvalue weighted by atomic mass is 32.1. The predicted molar refractivity (Wildman–Crippen MR) is 80.8 cm³/mol. The Labute approximate surface area is 118 Å². The number of rotatable bonds is 4. The van der Waals surface area contributed by atoms with Gasteiger partial charge in [0.25, 0.3) is 0 Å². The van der Waals surface area contributed by atoms with Gasteiger partial charge in [-0.2, -0.15) is 0 Å². The second kappa shape index (κ2) is 5.72. The van der Waals surface area contributed by atoms with Crippen molar-refractivity contribution < 1.29 is 0 Å². The molecule has 0 saturated carbocycles. The number of fused-ring (bicyclic) bond motifs is 1. The minimum Gasteiger partial charge on any atom is -0.385 e. The third-order valence-corrected chi connectivity index (χ3v) is 4.39. The number of nitrogens with one attached hydrogen (secondary N) is 2. The molecule has 2 aromatic rings. The van der Waals surface area contributed by atoms with Crippen LogP contribution < -0.4 is 10.6 Å². The van der Waals surface area contributed by atoms with Crippen molar-refractivity contribution in [3.05, 3.63) is 45.9 Å². The molecular formula is C15H19N3S. The van der Waals surface area contributed by atoms with E-state index in [1.165, 1.54) is 17.7 Å². The van der Waals surface area contributed by atoms with Crippen LogP contribution >= 0.6 is 11.3 Å². The van der Waals surface area contributed by atoms with E-state index in [1.54, 1.807) is 11.3 Å². The summed E-state index contributed by atoms with van der Waals surface area (Å²) in [5.74, 6) is 0.609. The average molecular weight is 273 g/mol. The van der Waals surface area contributed by atoms with Crippen molar-refractivity contribution in [2.75, 3.05) is 18.4 Å². The summed E-state index contributed by atoms with van der Waals surface area (Å²) in [6, 6.07) is 8.63. The molecule has 1 aromatic heterocycles. The van der Waals surface area contributed by atoms with E-state index in [-0.39, 0.29) is 0 Å². The van der Waals surface area contributed by atoms with E-state index in [4.69, 9.17) is 0 Å². The van der Waals surface area contributed by atoms with Crippen molar-refractivity contribution in [1.82, 2.24) is 10.3 Å². The number of benzene rings is 1. The summed E-state index contributed by atoms with van der Waals surface area (Å²) < 4.78 is 0. The minimum absolute atomic E-state index is 0.609. The van der Waals surface area contributed by atoms with E-state index in [0.29, 0.717) is 5.92 Å². The third-order valence-electron chi connectivity index (χ3n) is 3.57. The Morgan fingerprint density at radius 1 is 1.42 bits per heavy atom. The monoisotopic (exact) mass is 273 g/mol. The van der Waals surface area contributed by atoms with Crippen LogP contribution in [0.3, 0.4) is 0 Å². The summed E-state index contributed by atoms with van der Waals surface area (Å²) >= 11 is 1.72. The van der Waals surface area contributed by atoms with Crippen LogP contribution in [0.15, 0.2) is 29.6 Å². The molecule has 1 aliphatic rings. The molecule has 19 heavy (non-hydrogen) atoms. The van der Waals surface area contributed by atoms with Crippen LogP contribution in [0.1, 0.15) is 28.6 Å². The molecule has 1 atom stereocenters. The van der Waals surface area contributed by atoms with Gasteiger partial charge in [0.15, 0.2) is 0 Å². The Balaban J connectivity index is 1.59. The molecule has 0 radical (unpaired) electrons. The predicted octanol–water partition coefficient (Wildman–Crippen LogP) is 3.14. The number of hydrogen-bond donors (Lipinski definition) is 2. The standard InChI is InChI=1S/C15H19N3S/c1-11-18-13(10-19-11)9-16-8-12-6-7-17-15-5-3-2-4-14(12)15/h2-5,10,12,16-17H,6-9H2,1H3. The SMILES string of the molecule is Cc1nc(CNCC2CCNc3ccccc32)cs1. The topological polar surface area (TPSA) is 37.0 Å². The fraction of sp³-hybridized carbons (Fsp3) is 0.400. The summed E-state index contributed by atoms with van der Waals surface area (Å²) in [5, 5.41) is 10.3. The van der Waals surface area contributed by atoms with Gasteiger partial charge in [0.2, 0.25) is 0 Å². The highest BCUT2D eigenvalue weighted by Gasteiger charge is 2.18. The average Bonchev–Trinajstić information content (AvgIpc) is 2.85. The molecule has 0 saturated heterocycles. The van der Waals surface area contributed by atoms with Crippen LogP contribution in [0.5, 0.6) is 0 Å². The largest absolute Gasteiger partial charge is 0.385 e. The summed E-state index contributed by atoms with van der Waals surface area (Å²) in [5.41, 5.74) is 3.89. The van der Waals surface area contributed by atoms with Gasteiger partial charge in [0.1, 0.15) is 0 Å². The van der Waals surface area contributed by atoms with Crippen molar-refractivity contribution in [1.29, 1.82) is 0 Å². The zero-order chi connectivity index (χ0) is 13.1. The lowest BCUT2D eigenvalue weighted by molar-refractivity contribution is 0.548. The van der Waals surface area contributed by atoms with Gasteiger partial charge in [-0.25, -0.2) is 4.98 Å². The summed E-state index contributed by atoms with van der Waals surface area (Å²) in [6.07, 6.45) is 1.19. The number of thiazole rings is 1. The number of aromatic nitrogens is 1. The second-order valence-corrected chi connectivity index (χ2v) is 6.05. The third kappa shape index (κ3) is 2.96. The van der Waals surface area contributed by atoms with Crippen LogP contribution in [-0.2, 0) is 6.54 Å². The molecule has 0 bridgehead atoms. The molecule has 0 aliphatic carbocycles. The van der Waals surface area contributed by atoms with Gasteiger partial charge in [0.05, 0.1) is 10.7 Å². The van der Waals surface area contributed by atoms with Crippen molar-refractivity contribution in [2.45, 2.75) is 25.8 Å². The summed E-state index contributed by atoms with van der Waals surface area (Å²) in [4.78, 5) is 4.48. The smallest absolute Gasteiger partial charge is 0.0897 e. The quantitative estimate of drug-likeness (QED) is 0.898. The molecule has 0 spiro atoms. The van der Waals surface area contributed by atoms with Gasteiger partial charge in [-0.15, -0.1) is 11.3 Å². The molecule has 4 heteroatoms. The van der Waals surface area contributed by atoms with Gasteiger partial charge >= 0.3 is 0 Å². The Kier molecular flexibility index (Phi) is 3.80. The lowest BCUT2D eigenvalue weighted by Crippen LogP contribution is -2.26. The van der Waals surface area contributed by atoms with Gasteiger partial charge in [-0.1, -0.05) is 18.2 Å². The Morgan fingerprint density at radius 2 is 2.32 bits per heavy atom. The highest BCUT2D eigenvalue weighted by Crippen LogP contribution is 2.30. The van der Waals surface area contributed by atoms with Crippen LogP contribution in [-0.4, -0.2) is 18.1 Å². The Bertz CT molecular complexity index is 550. The number of hydrogen-bond acceptors (Lipinski definition) is 4. The zero-order valence-electron chi connectivity index (χ0n) is 11.1. The number of aryl methyl sites for hydroxylation is 1. The van der Waals surface area contributed by atoms with Crippen LogP contribution in [0, 0.1) is 6.92 Å². The van der Waals surface area contributed by atoms with Gasteiger partial charge < -0.3 is 10.6 Å². The van der Waals surface area contributed by atoms with Gasteiger partial charge in [-0.3, -0.25) is 0 Å². The number of nitrogens with zero attached hydrogens (tertiary/aromatic N) is 1. The van der Waals surface area contributed by atoms with E-state index in [0.717, 1.165) is 30.3 Å². The Hall–Kier alpha value is -1.39. The molecule has 1 unspecified atom stereocenters. The maximum Gasteiger partial charge on any atom is 0.0897 e. The molecule has 100 valence electrons. The fourth-order valence-electron chi connectivity index (χ4n) is 2.63. The van der Waals surface area contributed by atoms with E-state index < -0.39 is 0 Å². The molecule has 0 amide bonds. The Morgan fingerprint density at radius 3 is 3.16 bits per heavy atom. The first-order chi connectivity index (χ1) is 9.33. The fourth-order valence-corrected chi connectivity index (χ4v) is 3.24. The minimum atomic E-state index is 0.609. The molecule has 1 aromatic carbocycles. The van der Waals surface area contributed by atoms with E-state index in [1.807, 2.05) is 0 Å². The molecule has 2 heterocycles. The molecular weight excluding hydrogens is 254 g/mol. The van der Waals surface area contributed by atoms with Crippen molar-refractivity contribution >= 4 is 17.0 Å². The number of anilines is 1. The second-order valence-electron chi connectivity index (χ2n) is 4.99. The molecule has 2 N–H and O–H groups in total. The van der Waals surface area contributed by atoms with Crippen LogP contribution in [0.25, 0.3) is 0 Å². The maximum atomic E-state index is 4.48. The van der Waals surface area contributed by atoms with Crippen LogP contribution in [0.2, 0.25) is 0 Å².